The zero-order valence-corrected chi connectivity index (χ0v) is 18.4. The smallest absolute Gasteiger partial charge is 0.308 e. The highest BCUT2D eigenvalue weighted by Gasteiger charge is 2.37. The van der Waals surface area contributed by atoms with Gasteiger partial charge in [0, 0.05) is 27.9 Å². The number of carbonyl (C=O) groups is 1. The molecule has 35 heavy (non-hydrogen) atoms. The lowest BCUT2D eigenvalue weighted by molar-refractivity contribution is -0.143. The van der Waals surface area contributed by atoms with E-state index in [1.807, 2.05) is 41.0 Å². The summed E-state index contributed by atoms with van der Waals surface area (Å²) in [6.45, 7) is 0. The van der Waals surface area contributed by atoms with Gasteiger partial charge in [-0.2, -0.15) is 26.3 Å². The summed E-state index contributed by atoms with van der Waals surface area (Å²) in [5, 5.41) is 7.12. The van der Waals surface area contributed by atoms with E-state index in [1.165, 1.54) is 11.3 Å². The second kappa shape index (κ2) is 9.41. The van der Waals surface area contributed by atoms with Crippen molar-refractivity contribution in [1.82, 2.24) is 4.98 Å². The fraction of sp³-hybridized carbons (Fsp3) is 0.0833. The van der Waals surface area contributed by atoms with Gasteiger partial charge in [-0.1, -0.05) is 42.5 Å². The number of nitrogens with one attached hydrogen (secondary N) is 2. The molecular weight excluding hydrogens is 492 g/mol. The van der Waals surface area contributed by atoms with E-state index >= 15 is 0 Å². The number of aromatic nitrogens is 1. The first kappa shape index (κ1) is 24.3. The van der Waals surface area contributed by atoms with Crippen LogP contribution in [0.2, 0.25) is 0 Å². The monoisotopic (exact) mass is 507 g/mol. The van der Waals surface area contributed by atoms with Gasteiger partial charge < -0.3 is 10.6 Å². The van der Waals surface area contributed by atoms with Crippen LogP contribution in [0, 0.1) is 0 Å². The maximum atomic E-state index is 13.0. The number of hydrogen-bond acceptors (Lipinski definition) is 3. The van der Waals surface area contributed by atoms with Crippen LogP contribution in [0.15, 0.2) is 78.2 Å². The lowest BCUT2D eigenvalue weighted by Crippen LogP contribution is -2.20. The van der Waals surface area contributed by atoms with Crippen LogP contribution in [0.5, 0.6) is 0 Å². The van der Waals surface area contributed by atoms with Crippen molar-refractivity contribution in [2.75, 3.05) is 10.6 Å². The average molecular weight is 507 g/mol. The number of carbonyl (C=O) groups excluding carboxylic acids is 1. The molecule has 0 unspecified atom stereocenters. The summed E-state index contributed by atoms with van der Waals surface area (Å²) < 4.78 is 78.0. The highest BCUT2D eigenvalue weighted by Crippen LogP contribution is 2.37. The fourth-order valence-corrected chi connectivity index (χ4v) is 4.00. The first-order valence-corrected chi connectivity index (χ1v) is 10.9. The summed E-state index contributed by atoms with van der Waals surface area (Å²) in [5.74, 6) is 0. The maximum Gasteiger partial charge on any atom is 0.416 e. The minimum atomic E-state index is -5.01. The molecule has 1 aromatic heterocycles. The standard InChI is InChI=1S/C24H15F6N3OS/c25-23(26,27)16-10-17(24(28,29)30)12-19(11-16)32-22(34)31-18-8-6-14(7-9-18)20-13-35-21(33-20)15-4-2-1-3-5-15/h1-13H,(H2,31,32,34). The number of anilines is 2. The molecule has 0 saturated heterocycles. The molecule has 2 N–H and O–H groups in total. The Morgan fingerprint density at radius 2 is 1.29 bits per heavy atom. The zero-order chi connectivity index (χ0) is 25.2. The summed E-state index contributed by atoms with van der Waals surface area (Å²) in [7, 11) is 0. The minimum absolute atomic E-state index is 0.0104. The van der Waals surface area contributed by atoms with Gasteiger partial charge in [0.05, 0.1) is 16.8 Å². The lowest BCUT2D eigenvalue weighted by Gasteiger charge is -2.15. The molecule has 0 aliphatic heterocycles. The van der Waals surface area contributed by atoms with Crippen LogP contribution < -0.4 is 10.6 Å². The van der Waals surface area contributed by atoms with Gasteiger partial charge in [0.1, 0.15) is 5.01 Å². The van der Waals surface area contributed by atoms with Gasteiger partial charge in [0.2, 0.25) is 0 Å². The molecule has 180 valence electrons. The summed E-state index contributed by atoms with van der Waals surface area (Å²) in [5.41, 5.74) is -0.947. The molecule has 0 atom stereocenters. The van der Waals surface area contributed by atoms with E-state index in [0.717, 1.165) is 16.1 Å². The second-order valence-electron chi connectivity index (χ2n) is 7.35. The fourth-order valence-electron chi connectivity index (χ4n) is 3.16. The van der Waals surface area contributed by atoms with Gasteiger partial charge in [-0.15, -0.1) is 11.3 Å². The number of thiazole rings is 1. The molecule has 0 saturated carbocycles. The number of halogens is 6. The van der Waals surface area contributed by atoms with Crippen molar-refractivity contribution in [3.63, 3.8) is 0 Å². The number of urea groups is 1. The molecule has 1 heterocycles. The van der Waals surface area contributed by atoms with E-state index in [1.54, 1.807) is 24.3 Å². The first-order chi connectivity index (χ1) is 16.5. The number of benzene rings is 3. The molecule has 2 amide bonds. The minimum Gasteiger partial charge on any atom is -0.308 e. The third-order valence-electron chi connectivity index (χ3n) is 4.81. The molecular formula is C24H15F6N3OS. The van der Waals surface area contributed by atoms with E-state index in [-0.39, 0.29) is 11.8 Å². The second-order valence-corrected chi connectivity index (χ2v) is 8.21. The van der Waals surface area contributed by atoms with Crippen molar-refractivity contribution in [1.29, 1.82) is 0 Å². The van der Waals surface area contributed by atoms with Crippen molar-refractivity contribution in [3.05, 3.63) is 89.3 Å². The van der Waals surface area contributed by atoms with Gasteiger partial charge in [0.25, 0.3) is 0 Å². The molecule has 11 heteroatoms. The summed E-state index contributed by atoms with van der Waals surface area (Å²) in [4.78, 5) is 16.8. The Morgan fingerprint density at radius 1 is 0.714 bits per heavy atom. The largest absolute Gasteiger partial charge is 0.416 e. The number of nitrogens with zero attached hydrogens (tertiary/aromatic N) is 1. The van der Waals surface area contributed by atoms with Gasteiger partial charge in [0.15, 0.2) is 0 Å². The maximum absolute atomic E-state index is 13.0. The summed E-state index contributed by atoms with van der Waals surface area (Å²) in [6.07, 6.45) is -10.0. The molecule has 0 radical (unpaired) electrons. The van der Waals surface area contributed by atoms with Crippen LogP contribution in [-0.4, -0.2) is 11.0 Å². The van der Waals surface area contributed by atoms with Gasteiger partial charge in [-0.3, -0.25) is 0 Å². The van der Waals surface area contributed by atoms with Crippen molar-refractivity contribution in [2.24, 2.45) is 0 Å². The van der Waals surface area contributed by atoms with Gasteiger partial charge in [-0.05, 0) is 30.3 Å². The van der Waals surface area contributed by atoms with Crippen molar-refractivity contribution < 1.29 is 31.1 Å². The van der Waals surface area contributed by atoms with Crippen LogP contribution in [0.1, 0.15) is 11.1 Å². The molecule has 4 nitrogen and oxygen atoms in total. The Kier molecular flexibility index (Phi) is 6.53. The molecule has 4 aromatic rings. The Bertz CT molecular complexity index is 1300. The van der Waals surface area contributed by atoms with Crippen molar-refractivity contribution in [2.45, 2.75) is 12.4 Å². The van der Waals surface area contributed by atoms with E-state index < -0.39 is 35.2 Å². The molecule has 0 aliphatic rings. The predicted octanol–water partition coefficient (Wildman–Crippen LogP) is 8.16. The predicted molar refractivity (Wildman–Crippen MR) is 122 cm³/mol. The Labute approximate surface area is 199 Å². The van der Waals surface area contributed by atoms with Gasteiger partial charge in [-0.25, -0.2) is 9.78 Å². The molecule has 0 aliphatic carbocycles. The Hall–Kier alpha value is -3.86. The Morgan fingerprint density at radius 3 is 1.86 bits per heavy atom. The van der Waals surface area contributed by atoms with E-state index in [4.69, 9.17) is 0 Å². The van der Waals surface area contributed by atoms with E-state index in [9.17, 15) is 31.1 Å². The topological polar surface area (TPSA) is 54.0 Å². The first-order valence-electron chi connectivity index (χ1n) is 9.98. The molecule has 0 spiro atoms. The summed E-state index contributed by atoms with van der Waals surface area (Å²) in [6, 6.07) is 15.9. The highest BCUT2D eigenvalue weighted by molar-refractivity contribution is 7.13. The van der Waals surface area contributed by atoms with Crippen LogP contribution in [-0.2, 0) is 12.4 Å². The quantitative estimate of drug-likeness (QED) is 0.274. The molecule has 4 rings (SSSR count). The van der Waals surface area contributed by atoms with Gasteiger partial charge >= 0.3 is 18.4 Å². The van der Waals surface area contributed by atoms with Crippen molar-refractivity contribution >= 4 is 28.7 Å². The van der Waals surface area contributed by atoms with E-state index in [0.29, 0.717) is 17.8 Å². The normalized spacial score (nSPS) is 11.8. The van der Waals surface area contributed by atoms with Crippen LogP contribution >= 0.6 is 11.3 Å². The van der Waals surface area contributed by atoms with Crippen LogP contribution in [0.3, 0.4) is 0 Å². The zero-order valence-electron chi connectivity index (χ0n) is 17.5. The summed E-state index contributed by atoms with van der Waals surface area (Å²) >= 11 is 1.47. The van der Waals surface area contributed by atoms with Crippen molar-refractivity contribution in [3.8, 4) is 21.8 Å². The molecule has 0 fully saturated rings. The average Bonchev–Trinajstić information content (AvgIpc) is 3.29. The number of hydrogen-bond donors (Lipinski definition) is 2. The number of alkyl halides is 6. The molecule has 3 aromatic carbocycles. The third-order valence-corrected chi connectivity index (χ3v) is 5.70. The lowest BCUT2D eigenvalue weighted by atomic mass is 10.1. The molecule has 0 bridgehead atoms. The van der Waals surface area contributed by atoms with E-state index in [2.05, 4.69) is 10.3 Å². The van der Waals surface area contributed by atoms with Crippen LogP contribution in [0.4, 0.5) is 42.5 Å². The third kappa shape index (κ3) is 5.99. The van der Waals surface area contributed by atoms with Crippen LogP contribution in [0.25, 0.3) is 21.8 Å². The SMILES string of the molecule is O=C(Nc1ccc(-c2csc(-c3ccccc3)n2)cc1)Nc1cc(C(F)(F)F)cc(C(F)(F)F)c1. The number of rotatable bonds is 4. The number of amides is 2. The Balaban J connectivity index is 1.46. The highest BCUT2D eigenvalue weighted by atomic mass is 32.1.